The largest absolute Gasteiger partial charge is 0.573 e. The molecule has 0 saturated heterocycles. The zero-order chi connectivity index (χ0) is 11.5. The molecule has 1 rings (SSSR count). The monoisotopic (exact) mass is 220 g/mol. The van der Waals surface area contributed by atoms with Crippen molar-refractivity contribution >= 4 is 5.69 Å². The molecule has 0 aromatic heterocycles. The van der Waals surface area contributed by atoms with E-state index in [1.54, 1.807) is 0 Å². The number of benzene rings is 1. The van der Waals surface area contributed by atoms with Gasteiger partial charge in [-0.15, -0.1) is 13.2 Å². The van der Waals surface area contributed by atoms with Crippen LogP contribution in [0.4, 0.5) is 18.9 Å². The van der Waals surface area contributed by atoms with Crippen molar-refractivity contribution in [1.82, 2.24) is 0 Å². The van der Waals surface area contributed by atoms with E-state index < -0.39 is 6.36 Å². The first kappa shape index (κ1) is 11.6. The van der Waals surface area contributed by atoms with Crippen molar-refractivity contribution in [3.05, 3.63) is 23.8 Å². The van der Waals surface area contributed by atoms with Crippen LogP contribution in [0.3, 0.4) is 0 Å². The Morgan fingerprint density at radius 3 is 2.53 bits per heavy atom. The lowest BCUT2D eigenvalue weighted by atomic mass is 10.1. The molecule has 0 fully saturated rings. The molecule has 84 valence electrons. The number of nitrogens with one attached hydrogen (secondary N) is 1. The van der Waals surface area contributed by atoms with E-state index in [-0.39, 0.29) is 5.75 Å². The first-order chi connectivity index (χ1) is 6.96. The summed E-state index contributed by atoms with van der Waals surface area (Å²) in [4.78, 5) is 0. The molecule has 0 saturated carbocycles. The van der Waals surface area contributed by atoms with Gasteiger partial charge in [-0.2, -0.15) is 0 Å². The first-order valence-electron chi connectivity index (χ1n) is 4.31. The number of aryl methyl sites for hydroxylation is 1. The number of hydrogen-bond donors (Lipinski definition) is 2. The predicted molar refractivity (Wildman–Crippen MR) is 50.3 cm³/mol. The van der Waals surface area contributed by atoms with Crippen LogP contribution in [-0.4, -0.2) is 6.36 Å². The van der Waals surface area contributed by atoms with Crippen LogP contribution in [0.2, 0.25) is 0 Å². The van der Waals surface area contributed by atoms with Crippen LogP contribution in [-0.2, 0) is 6.42 Å². The van der Waals surface area contributed by atoms with E-state index >= 15 is 0 Å². The maximum absolute atomic E-state index is 11.9. The standard InChI is InChI=1S/C9H11F3N2O/c1-2-6-3-4-7(5-8(6)14-13)15-9(10,11)12/h3-5,14H,2,13H2,1H3. The number of alkyl halides is 3. The molecule has 0 aliphatic carbocycles. The Kier molecular flexibility index (Phi) is 3.41. The summed E-state index contributed by atoms with van der Waals surface area (Å²) in [5.74, 6) is 4.89. The van der Waals surface area contributed by atoms with Gasteiger partial charge in [-0.3, -0.25) is 5.84 Å². The van der Waals surface area contributed by atoms with Crippen molar-refractivity contribution in [2.24, 2.45) is 5.84 Å². The fourth-order valence-corrected chi connectivity index (χ4v) is 1.20. The van der Waals surface area contributed by atoms with E-state index in [2.05, 4.69) is 10.2 Å². The molecule has 6 heteroatoms. The molecule has 15 heavy (non-hydrogen) atoms. The number of hydrogen-bond acceptors (Lipinski definition) is 3. The van der Waals surface area contributed by atoms with E-state index in [1.165, 1.54) is 18.2 Å². The lowest BCUT2D eigenvalue weighted by Gasteiger charge is -2.12. The summed E-state index contributed by atoms with van der Waals surface area (Å²) >= 11 is 0. The fraction of sp³-hybridized carbons (Fsp3) is 0.333. The Labute approximate surface area is 85.0 Å². The molecule has 0 aliphatic heterocycles. The number of hydrazine groups is 1. The van der Waals surface area contributed by atoms with Gasteiger partial charge in [0.25, 0.3) is 0 Å². The van der Waals surface area contributed by atoms with Crippen LogP contribution in [0.5, 0.6) is 5.75 Å². The molecule has 0 atom stereocenters. The molecule has 0 heterocycles. The molecule has 0 amide bonds. The molecule has 3 N–H and O–H groups in total. The van der Waals surface area contributed by atoms with Crippen molar-refractivity contribution in [2.75, 3.05) is 5.43 Å². The SMILES string of the molecule is CCc1ccc(OC(F)(F)F)cc1NN. The van der Waals surface area contributed by atoms with Gasteiger partial charge in [0.2, 0.25) is 0 Å². The highest BCUT2D eigenvalue weighted by atomic mass is 19.4. The van der Waals surface area contributed by atoms with Crippen molar-refractivity contribution in [1.29, 1.82) is 0 Å². The smallest absolute Gasteiger partial charge is 0.406 e. The molecule has 0 bridgehead atoms. The number of rotatable bonds is 3. The summed E-state index contributed by atoms with van der Waals surface area (Å²) in [5.41, 5.74) is 3.58. The van der Waals surface area contributed by atoms with Crippen molar-refractivity contribution in [3.8, 4) is 5.75 Å². The van der Waals surface area contributed by atoms with Gasteiger partial charge in [-0.25, -0.2) is 0 Å². The topological polar surface area (TPSA) is 47.3 Å². The lowest BCUT2D eigenvalue weighted by Crippen LogP contribution is -2.17. The third-order valence-corrected chi connectivity index (χ3v) is 1.85. The Morgan fingerprint density at radius 2 is 2.07 bits per heavy atom. The van der Waals surface area contributed by atoms with Gasteiger partial charge in [-0.05, 0) is 18.1 Å². The van der Waals surface area contributed by atoms with E-state index in [0.717, 1.165) is 5.56 Å². The van der Waals surface area contributed by atoms with E-state index in [4.69, 9.17) is 5.84 Å². The quantitative estimate of drug-likeness (QED) is 0.607. The van der Waals surface area contributed by atoms with Gasteiger partial charge < -0.3 is 10.2 Å². The third kappa shape index (κ3) is 3.32. The molecule has 1 aromatic carbocycles. The van der Waals surface area contributed by atoms with Gasteiger partial charge in [-0.1, -0.05) is 13.0 Å². The first-order valence-corrected chi connectivity index (χ1v) is 4.31. The number of nitrogens with two attached hydrogens (primary N) is 1. The van der Waals surface area contributed by atoms with Crippen LogP contribution in [0, 0.1) is 0 Å². The van der Waals surface area contributed by atoms with Gasteiger partial charge in [0.1, 0.15) is 5.75 Å². The van der Waals surface area contributed by atoms with Crippen LogP contribution in [0.25, 0.3) is 0 Å². The van der Waals surface area contributed by atoms with Gasteiger partial charge in [0, 0.05) is 6.07 Å². The van der Waals surface area contributed by atoms with Crippen LogP contribution < -0.4 is 16.0 Å². The molecule has 3 nitrogen and oxygen atoms in total. The third-order valence-electron chi connectivity index (χ3n) is 1.85. The molecule has 0 aliphatic rings. The molecule has 0 unspecified atom stereocenters. The summed E-state index contributed by atoms with van der Waals surface area (Å²) in [7, 11) is 0. The summed E-state index contributed by atoms with van der Waals surface area (Å²) in [6.07, 6.45) is -4.01. The summed E-state index contributed by atoms with van der Waals surface area (Å²) in [6, 6.07) is 4.01. The zero-order valence-corrected chi connectivity index (χ0v) is 8.06. The summed E-state index contributed by atoms with van der Waals surface area (Å²) in [6.45, 7) is 1.88. The second-order valence-corrected chi connectivity index (χ2v) is 2.86. The van der Waals surface area contributed by atoms with E-state index in [9.17, 15) is 13.2 Å². The number of ether oxygens (including phenoxy) is 1. The Morgan fingerprint density at radius 1 is 1.40 bits per heavy atom. The van der Waals surface area contributed by atoms with Gasteiger partial charge >= 0.3 is 6.36 Å². The maximum Gasteiger partial charge on any atom is 0.573 e. The Hall–Kier alpha value is -1.43. The normalized spacial score (nSPS) is 11.3. The lowest BCUT2D eigenvalue weighted by molar-refractivity contribution is -0.274. The zero-order valence-electron chi connectivity index (χ0n) is 8.06. The maximum atomic E-state index is 11.9. The van der Waals surface area contributed by atoms with E-state index in [1.807, 2.05) is 6.92 Å². The minimum Gasteiger partial charge on any atom is -0.406 e. The highest BCUT2D eigenvalue weighted by Gasteiger charge is 2.31. The summed E-state index contributed by atoms with van der Waals surface area (Å²) < 4.78 is 39.4. The molecular formula is C9H11F3N2O. The fourth-order valence-electron chi connectivity index (χ4n) is 1.20. The number of anilines is 1. The minimum absolute atomic E-state index is 0.285. The van der Waals surface area contributed by atoms with E-state index in [0.29, 0.717) is 12.1 Å². The summed E-state index contributed by atoms with van der Waals surface area (Å²) in [5, 5.41) is 0. The number of halogens is 3. The molecule has 0 spiro atoms. The highest BCUT2D eigenvalue weighted by Crippen LogP contribution is 2.27. The predicted octanol–water partition coefficient (Wildman–Crippen LogP) is 2.43. The number of nitrogen functional groups attached to an aromatic ring is 1. The van der Waals surface area contributed by atoms with Gasteiger partial charge in [0.15, 0.2) is 0 Å². The van der Waals surface area contributed by atoms with Crippen LogP contribution >= 0.6 is 0 Å². The molecule has 1 aromatic rings. The molecular weight excluding hydrogens is 209 g/mol. The van der Waals surface area contributed by atoms with Crippen molar-refractivity contribution in [3.63, 3.8) is 0 Å². The average Bonchev–Trinajstić information content (AvgIpc) is 2.15. The van der Waals surface area contributed by atoms with Crippen molar-refractivity contribution in [2.45, 2.75) is 19.7 Å². The average molecular weight is 220 g/mol. The molecule has 0 radical (unpaired) electrons. The minimum atomic E-state index is -4.68. The van der Waals surface area contributed by atoms with Crippen LogP contribution in [0.15, 0.2) is 18.2 Å². The van der Waals surface area contributed by atoms with Crippen molar-refractivity contribution < 1.29 is 17.9 Å². The van der Waals surface area contributed by atoms with Crippen LogP contribution in [0.1, 0.15) is 12.5 Å². The Balaban J connectivity index is 2.93. The second-order valence-electron chi connectivity index (χ2n) is 2.86. The Bertz CT molecular complexity index is 339. The highest BCUT2D eigenvalue weighted by molar-refractivity contribution is 5.54. The second kappa shape index (κ2) is 4.39. The van der Waals surface area contributed by atoms with Gasteiger partial charge in [0.05, 0.1) is 5.69 Å².